The molecule has 7 heteroatoms. The number of nitrogens with one attached hydrogen (secondary N) is 1. The number of benzene rings is 2. The molecule has 0 atom stereocenters. The Morgan fingerprint density at radius 3 is 2.61 bits per heavy atom. The van der Waals surface area contributed by atoms with Crippen LogP contribution in [0.25, 0.3) is 10.9 Å². The molecule has 1 N–H and O–H groups in total. The summed E-state index contributed by atoms with van der Waals surface area (Å²) in [7, 11) is -1.62. The molecule has 0 spiro atoms. The molecule has 3 rings (SSSR count). The highest BCUT2D eigenvalue weighted by Crippen LogP contribution is 2.26. The van der Waals surface area contributed by atoms with Crippen LogP contribution >= 0.6 is 23.2 Å². The van der Waals surface area contributed by atoms with E-state index in [1.807, 2.05) is 42.1 Å². The van der Waals surface area contributed by atoms with Crippen molar-refractivity contribution in [3.8, 4) is 0 Å². The maximum Gasteiger partial charge on any atom is 0.197 e. The van der Waals surface area contributed by atoms with E-state index >= 15 is 0 Å². The van der Waals surface area contributed by atoms with Crippen LogP contribution in [-0.2, 0) is 16.9 Å². The van der Waals surface area contributed by atoms with Crippen molar-refractivity contribution in [2.45, 2.75) is 4.90 Å². The van der Waals surface area contributed by atoms with Gasteiger partial charge in [0.15, 0.2) is 9.84 Å². The third-order valence-corrected chi connectivity index (χ3v) is 5.79. The van der Waals surface area contributed by atoms with Gasteiger partial charge in [0.05, 0.1) is 9.92 Å². The predicted octanol–water partition coefficient (Wildman–Crippen LogP) is 4.33. The van der Waals surface area contributed by atoms with E-state index in [1.54, 1.807) is 0 Å². The summed E-state index contributed by atoms with van der Waals surface area (Å²) in [5, 5.41) is 4.56. The first-order chi connectivity index (χ1) is 10.9. The third kappa shape index (κ3) is 3.32. The van der Waals surface area contributed by atoms with E-state index in [4.69, 9.17) is 23.2 Å². The minimum absolute atomic E-state index is 0.0658. The molecule has 0 fully saturated rings. The maximum absolute atomic E-state index is 12.4. The summed E-state index contributed by atoms with van der Waals surface area (Å²) in [5.41, 5.74) is 1.75. The molecule has 23 heavy (non-hydrogen) atoms. The fourth-order valence-electron chi connectivity index (χ4n) is 2.36. The van der Waals surface area contributed by atoms with E-state index < -0.39 is 9.84 Å². The number of hydrogen-bond acceptors (Lipinski definition) is 3. The molecular formula is C16H14Cl2N2O2S. The molecular weight excluding hydrogens is 355 g/mol. The monoisotopic (exact) mass is 368 g/mol. The fourth-order valence-corrected chi connectivity index (χ4v) is 4.26. The van der Waals surface area contributed by atoms with E-state index in [2.05, 4.69) is 5.32 Å². The molecule has 0 saturated heterocycles. The summed E-state index contributed by atoms with van der Waals surface area (Å²) in [4.78, 5) is 0.0658. The average molecular weight is 369 g/mol. The van der Waals surface area contributed by atoms with Gasteiger partial charge >= 0.3 is 0 Å². The van der Waals surface area contributed by atoms with Gasteiger partial charge in [-0.05, 0) is 41.8 Å². The molecule has 1 aromatic heterocycles. The largest absolute Gasteiger partial charge is 0.371 e. The van der Waals surface area contributed by atoms with Crippen molar-refractivity contribution in [3.63, 3.8) is 0 Å². The van der Waals surface area contributed by atoms with Crippen LogP contribution in [0.1, 0.15) is 0 Å². The van der Waals surface area contributed by atoms with Crippen LogP contribution in [0.2, 0.25) is 10.0 Å². The first-order valence-electron chi connectivity index (χ1n) is 6.83. The van der Waals surface area contributed by atoms with Gasteiger partial charge in [0.25, 0.3) is 0 Å². The average Bonchev–Trinajstić information content (AvgIpc) is 2.86. The van der Waals surface area contributed by atoms with Crippen LogP contribution in [0, 0.1) is 0 Å². The molecule has 0 unspecified atom stereocenters. The van der Waals surface area contributed by atoms with E-state index in [9.17, 15) is 8.42 Å². The summed E-state index contributed by atoms with van der Waals surface area (Å²) < 4.78 is 26.8. The number of aryl methyl sites for hydroxylation is 1. The first kappa shape index (κ1) is 16.2. The Balaban J connectivity index is 1.84. The van der Waals surface area contributed by atoms with Gasteiger partial charge in [0, 0.05) is 29.5 Å². The van der Waals surface area contributed by atoms with Crippen molar-refractivity contribution in [3.05, 3.63) is 58.7 Å². The molecule has 0 radical (unpaired) electrons. The zero-order chi connectivity index (χ0) is 16.6. The number of anilines is 1. The number of nitrogens with zero attached hydrogens (tertiary/aromatic N) is 1. The summed E-state index contributed by atoms with van der Waals surface area (Å²) >= 11 is 11.8. The summed E-state index contributed by atoms with van der Waals surface area (Å²) in [6, 6.07) is 12.1. The van der Waals surface area contributed by atoms with Crippen molar-refractivity contribution in [2.24, 2.45) is 7.05 Å². The summed E-state index contributed by atoms with van der Waals surface area (Å²) in [6.07, 6.45) is 1.96. The van der Waals surface area contributed by atoms with Gasteiger partial charge < -0.3 is 9.88 Å². The van der Waals surface area contributed by atoms with Crippen molar-refractivity contribution in [1.82, 2.24) is 4.57 Å². The van der Waals surface area contributed by atoms with E-state index in [-0.39, 0.29) is 15.8 Å². The van der Waals surface area contributed by atoms with Crippen molar-refractivity contribution >= 4 is 49.6 Å². The fraction of sp³-hybridized carbons (Fsp3) is 0.125. The zero-order valence-electron chi connectivity index (χ0n) is 12.3. The van der Waals surface area contributed by atoms with Crippen LogP contribution in [0.15, 0.2) is 53.6 Å². The van der Waals surface area contributed by atoms with Crippen molar-refractivity contribution in [1.29, 1.82) is 0 Å². The number of rotatable bonds is 4. The van der Waals surface area contributed by atoms with Gasteiger partial charge in [-0.1, -0.05) is 29.3 Å². The normalized spacial score (nSPS) is 11.8. The summed E-state index contributed by atoms with van der Waals surface area (Å²) in [5.74, 6) is -0.246. The molecule has 0 bridgehead atoms. The number of aromatic nitrogens is 1. The lowest BCUT2D eigenvalue weighted by atomic mass is 10.2. The summed E-state index contributed by atoms with van der Waals surface area (Å²) in [6.45, 7) is 0. The minimum Gasteiger partial charge on any atom is -0.371 e. The van der Waals surface area contributed by atoms with E-state index in [0.717, 1.165) is 16.6 Å². The van der Waals surface area contributed by atoms with E-state index in [1.165, 1.54) is 18.2 Å². The molecule has 0 aliphatic carbocycles. The topological polar surface area (TPSA) is 51.1 Å². The van der Waals surface area contributed by atoms with Crippen LogP contribution in [0.3, 0.4) is 0 Å². The van der Waals surface area contributed by atoms with Gasteiger partial charge in [-0.25, -0.2) is 8.42 Å². The van der Waals surface area contributed by atoms with E-state index in [0.29, 0.717) is 5.02 Å². The van der Waals surface area contributed by atoms with Crippen LogP contribution in [-0.4, -0.2) is 18.9 Å². The molecule has 0 aliphatic heterocycles. The molecule has 4 nitrogen and oxygen atoms in total. The second kappa shape index (κ2) is 6.07. The number of hydrogen-bond donors (Lipinski definition) is 1. The molecule has 120 valence electrons. The minimum atomic E-state index is -3.56. The standard InChI is InChI=1S/C16H14Cl2N2O2S/c1-20-7-6-11-2-4-13(9-15(11)20)19-10-23(21,22)16-5-3-12(17)8-14(16)18/h2-9,19H,10H2,1H3. The third-order valence-electron chi connectivity index (χ3n) is 3.58. The van der Waals surface area contributed by atoms with Crippen molar-refractivity contribution < 1.29 is 8.42 Å². The molecule has 0 saturated carbocycles. The Morgan fingerprint density at radius 1 is 1.09 bits per heavy atom. The Bertz CT molecular complexity index is 981. The van der Waals surface area contributed by atoms with Gasteiger partial charge in [-0.15, -0.1) is 0 Å². The highest BCUT2D eigenvalue weighted by molar-refractivity contribution is 7.91. The second-order valence-corrected chi connectivity index (χ2v) is 8.01. The molecule has 0 amide bonds. The number of fused-ring (bicyclic) bond motifs is 1. The van der Waals surface area contributed by atoms with Crippen LogP contribution in [0.5, 0.6) is 0 Å². The van der Waals surface area contributed by atoms with Gasteiger partial charge in [0.1, 0.15) is 5.88 Å². The second-order valence-electron chi connectivity index (χ2n) is 5.21. The Kier molecular flexibility index (Phi) is 4.27. The SMILES string of the molecule is Cn1ccc2ccc(NCS(=O)(=O)c3ccc(Cl)cc3Cl)cc21. The first-order valence-corrected chi connectivity index (χ1v) is 9.24. The zero-order valence-corrected chi connectivity index (χ0v) is 14.6. The predicted molar refractivity (Wildman–Crippen MR) is 95.1 cm³/mol. The smallest absolute Gasteiger partial charge is 0.197 e. The van der Waals surface area contributed by atoms with Gasteiger partial charge in [-0.2, -0.15) is 0 Å². The van der Waals surface area contributed by atoms with Gasteiger partial charge in [0.2, 0.25) is 0 Å². The van der Waals surface area contributed by atoms with Gasteiger partial charge in [-0.3, -0.25) is 0 Å². The quantitative estimate of drug-likeness (QED) is 0.745. The lowest BCUT2D eigenvalue weighted by molar-refractivity contribution is 0.598. The lowest BCUT2D eigenvalue weighted by Crippen LogP contribution is -2.15. The van der Waals surface area contributed by atoms with Crippen molar-refractivity contribution in [2.75, 3.05) is 11.2 Å². The molecule has 0 aliphatic rings. The maximum atomic E-state index is 12.4. The van der Waals surface area contributed by atoms with Crippen LogP contribution < -0.4 is 5.32 Å². The lowest BCUT2D eigenvalue weighted by Gasteiger charge is -2.10. The Hall–Kier alpha value is -1.69. The Morgan fingerprint density at radius 2 is 1.87 bits per heavy atom. The highest BCUT2D eigenvalue weighted by Gasteiger charge is 2.18. The molecule has 1 heterocycles. The Labute approximate surface area is 144 Å². The molecule has 3 aromatic rings. The van der Waals surface area contributed by atoms with Crippen LogP contribution in [0.4, 0.5) is 5.69 Å². The number of halogens is 2. The highest BCUT2D eigenvalue weighted by atomic mass is 35.5. The molecule has 2 aromatic carbocycles. The number of sulfone groups is 1.